The molecule has 0 bridgehead atoms. The molecule has 4 aromatic rings. The molecule has 0 saturated carbocycles. The SMILES string of the molecule is O=C(NCc1ccc(N2CCCC2=O)cc1)c1nc(-c2cccs2)n(-c2ccc(F)cc2)n1. The van der Waals surface area contributed by atoms with Crippen LogP contribution in [0.3, 0.4) is 0 Å². The van der Waals surface area contributed by atoms with Crippen LogP contribution in [0.5, 0.6) is 0 Å². The molecule has 3 heterocycles. The molecule has 0 atom stereocenters. The molecule has 5 rings (SSSR count). The second-order valence-electron chi connectivity index (χ2n) is 7.62. The molecule has 2 amide bonds. The summed E-state index contributed by atoms with van der Waals surface area (Å²) in [5, 5.41) is 9.15. The van der Waals surface area contributed by atoms with Gasteiger partial charge in [0.05, 0.1) is 10.6 Å². The van der Waals surface area contributed by atoms with Crippen LogP contribution in [0, 0.1) is 5.82 Å². The Morgan fingerprint density at radius 1 is 1.06 bits per heavy atom. The third-order valence-electron chi connectivity index (χ3n) is 5.40. The van der Waals surface area contributed by atoms with E-state index in [-0.39, 0.29) is 17.5 Å². The highest BCUT2D eigenvalue weighted by Crippen LogP contribution is 2.26. The maximum atomic E-state index is 13.4. The monoisotopic (exact) mass is 461 g/mol. The van der Waals surface area contributed by atoms with Gasteiger partial charge in [-0.1, -0.05) is 18.2 Å². The molecule has 1 fully saturated rings. The summed E-state index contributed by atoms with van der Waals surface area (Å²) < 4.78 is 14.9. The number of halogens is 1. The van der Waals surface area contributed by atoms with E-state index < -0.39 is 5.91 Å². The number of carbonyl (C=O) groups excluding carboxylic acids is 2. The number of nitrogens with zero attached hydrogens (tertiary/aromatic N) is 4. The fraction of sp³-hybridized carbons (Fsp3) is 0.167. The third kappa shape index (κ3) is 4.40. The van der Waals surface area contributed by atoms with Crippen LogP contribution in [-0.2, 0) is 11.3 Å². The van der Waals surface area contributed by atoms with Gasteiger partial charge in [-0.3, -0.25) is 9.59 Å². The Morgan fingerprint density at radius 3 is 2.48 bits per heavy atom. The summed E-state index contributed by atoms with van der Waals surface area (Å²) in [4.78, 5) is 31.8. The van der Waals surface area contributed by atoms with E-state index in [1.54, 1.807) is 21.7 Å². The number of amides is 2. The van der Waals surface area contributed by atoms with Crippen LogP contribution in [0.4, 0.5) is 10.1 Å². The normalized spacial score (nSPS) is 13.5. The minimum absolute atomic E-state index is 0.0296. The molecule has 166 valence electrons. The van der Waals surface area contributed by atoms with Crippen molar-refractivity contribution in [3.8, 4) is 16.4 Å². The topological polar surface area (TPSA) is 80.1 Å². The van der Waals surface area contributed by atoms with Gasteiger partial charge in [0.1, 0.15) is 5.82 Å². The van der Waals surface area contributed by atoms with E-state index in [2.05, 4.69) is 15.4 Å². The van der Waals surface area contributed by atoms with Crippen LogP contribution >= 0.6 is 11.3 Å². The van der Waals surface area contributed by atoms with Gasteiger partial charge in [0.25, 0.3) is 5.91 Å². The predicted molar refractivity (Wildman–Crippen MR) is 124 cm³/mol. The standard InChI is InChI=1S/C24H20FN5O2S/c25-17-7-11-19(12-8-17)30-23(20-3-2-14-33-20)27-22(28-30)24(32)26-15-16-5-9-18(10-6-16)29-13-1-4-21(29)31/h2-3,5-12,14H,1,4,13,15H2,(H,26,32). The predicted octanol–water partition coefficient (Wildman–Crippen LogP) is 4.19. The number of thiophene rings is 1. The first-order valence-electron chi connectivity index (χ1n) is 10.5. The number of rotatable bonds is 6. The van der Waals surface area contributed by atoms with Gasteiger partial charge < -0.3 is 10.2 Å². The minimum Gasteiger partial charge on any atom is -0.345 e. The van der Waals surface area contributed by atoms with E-state index in [1.807, 2.05) is 41.8 Å². The Kier molecular flexibility index (Phi) is 5.70. The summed E-state index contributed by atoms with van der Waals surface area (Å²) in [6.45, 7) is 1.04. The van der Waals surface area contributed by atoms with Crippen molar-refractivity contribution in [3.63, 3.8) is 0 Å². The number of nitrogens with one attached hydrogen (secondary N) is 1. The summed E-state index contributed by atoms with van der Waals surface area (Å²) in [6, 6.07) is 17.2. The maximum Gasteiger partial charge on any atom is 0.291 e. The maximum absolute atomic E-state index is 13.4. The molecule has 0 unspecified atom stereocenters. The largest absolute Gasteiger partial charge is 0.345 e. The van der Waals surface area contributed by atoms with Crippen molar-refractivity contribution in [2.75, 3.05) is 11.4 Å². The van der Waals surface area contributed by atoms with Gasteiger partial charge in [-0.05, 0) is 59.8 Å². The van der Waals surface area contributed by atoms with Crippen LogP contribution in [0.2, 0.25) is 0 Å². The molecule has 7 nitrogen and oxygen atoms in total. The lowest BCUT2D eigenvalue weighted by atomic mass is 10.2. The zero-order valence-electron chi connectivity index (χ0n) is 17.6. The summed E-state index contributed by atoms with van der Waals surface area (Å²) in [6.07, 6.45) is 1.46. The van der Waals surface area contributed by atoms with Gasteiger partial charge in [0, 0.05) is 25.2 Å². The lowest BCUT2D eigenvalue weighted by molar-refractivity contribution is -0.117. The molecule has 2 aromatic heterocycles. The molecule has 1 aliphatic heterocycles. The second-order valence-corrected chi connectivity index (χ2v) is 8.57. The highest BCUT2D eigenvalue weighted by molar-refractivity contribution is 7.13. The average Bonchev–Trinajstić information content (AvgIpc) is 3.59. The molecule has 1 N–H and O–H groups in total. The molecule has 0 aliphatic carbocycles. The Hall–Kier alpha value is -3.85. The van der Waals surface area contributed by atoms with Crippen molar-refractivity contribution in [1.29, 1.82) is 0 Å². The molecule has 33 heavy (non-hydrogen) atoms. The number of carbonyl (C=O) groups is 2. The number of anilines is 1. The smallest absolute Gasteiger partial charge is 0.291 e. The quantitative estimate of drug-likeness (QED) is 0.467. The van der Waals surface area contributed by atoms with E-state index in [0.29, 0.717) is 24.5 Å². The highest BCUT2D eigenvalue weighted by atomic mass is 32.1. The molecule has 1 aliphatic rings. The fourth-order valence-electron chi connectivity index (χ4n) is 3.71. The Labute approximate surface area is 193 Å². The van der Waals surface area contributed by atoms with E-state index >= 15 is 0 Å². The van der Waals surface area contributed by atoms with E-state index in [1.165, 1.54) is 23.5 Å². The average molecular weight is 462 g/mol. The molecular weight excluding hydrogens is 441 g/mol. The lowest BCUT2D eigenvalue weighted by Gasteiger charge is -2.15. The van der Waals surface area contributed by atoms with Crippen molar-refractivity contribution in [2.45, 2.75) is 19.4 Å². The van der Waals surface area contributed by atoms with Gasteiger partial charge in [0.15, 0.2) is 5.82 Å². The van der Waals surface area contributed by atoms with Crippen molar-refractivity contribution in [3.05, 3.63) is 83.2 Å². The van der Waals surface area contributed by atoms with Crippen LogP contribution in [-0.4, -0.2) is 33.1 Å². The van der Waals surface area contributed by atoms with Crippen molar-refractivity contribution < 1.29 is 14.0 Å². The van der Waals surface area contributed by atoms with Crippen LogP contribution in [0.1, 0.15) is 29.0 Å². The first-order chi connectivity index (χ1) is 16.1. The molecule has 9 heteroatoms. The Bertz CT molecular complexity index is 1280. The lowest BCUT2D eigenvalue weighted by Crippen LogP contribution is -2.25. The second kappa shape index (κ2) is 8.95. The molecule has 0 radical (unpaired) electrons. The van der Waals surface area contributed by atoms with Crippen LogP contribution in [0.25, 0.3) is 16.4 Å². The molecule has 2 aromatic carbocycles. The zero-order chi connectivity index (χ0) is 22.8. The van der Waals surface area contributed by atoms with Gasteiger partial charge in [-0.15, -0.1) is 16.4 Å². The van der Waals surface area contributed by atoms with Crippen molar-refractivity contribution in [1.82, 2.24) is 20.1 Å². The van der Waals surface area contributed by atoms with E-state index in [9.17, 15) is 14.0 Å². The summed E-state index contributed by atoms with van der Waals surface area (Å²) in [7, 11) is 0. The fourth-order valence-corrected chi connectivity index (χ4v) is 4.41. The van der Waals surface area contributed by atoms with Gasteiger partial charge in [-0.25, -0.2) is 14.1 Å². The number of hydrogen-bond acceptors (Lipinski definition) is 5. The van der Waals surface area contributed by atoms with Crippen molar-refractivity contribution in [2.24, 2.45) is 0 Å². The van der Waals surface area contributed by atoms with Gasteiger partial charge >= 0.3 is 0 Å². The Balaban J connectivity index is 1.33. The van der Waals surface area contributed by atoms with Crippen LogP contribution < -0.4 is 10.2 Å². The van der Waals surface area contributed by atoms with E-state index in [4.69, 9.17) is 0 Å². The summed E-state index contributed by atoms with van der Waals surface area (Å²) in [5.74, 6) is -0.0779. The highest BCUT2D eigenvalue weighted by Gasteiger charge is 2.22. The molecule has 1 saturated heterocycles. The number of aromatic nitrogens is 3. The summed E-state index contributed by atoms with van der Waals surface area (Å²) >= 11 is 1.48. The minimum atomic E-state index is -0.410. The number of hydrogen-bond donors (Lipinski definition) is 1. The first kappa shape index (κ1) is 21.0. The van der Waals surface area contributed by atoms with Crippen molar-refractivity contribution >= 4 is 28.8 Å². The van der Waals surface area contributed by atoms with Gasteiger partial charge in [0.2, 0.25) is 11.7 Å². The first-order valence-corrected chi connectivity index (χ1v) is 11.4. The zero-order valence-corrected chi connectivity index (χ0v) is 18.4. The third-order valence-corrected chi connectivity index (χ3v) is 6.26. The number of benzene rings is 2. The molecular formula is C24H20FN5O2S. The van der Waals surface area contributed by atoms with Crippen LogP contribution in [0.15, 0.2) is 66.0 Å². The summed E-state index contributed by atoms with van der Waals surface area (Å²) in [5.41, 5.74) is 2.38. The molecule has 0 spiro atoms. The van der Waals surface area contributed by atoms with E-state index in [0.717, 1.165) is 29.1 Å². The Morgan fingerprint density at radius 2 is 1.82 bits per heavy atom. The van der Waals surface area contributed by atoms with Gasteiger partial charge in [-0.2, -0.15) is 0 Å².